The molecule has 1 amide bonds. The summed E-state index contributed by atoms with van der Waals surface area (Å²) in [6.45, 7) is 9.13. The minimum absolute atomic E-state index is 0.0851. The molecule has 0 atom stereocenters. The van der Waals surface area contributed by atoms with Crippen molar-refractivity contribution in [2.45, 2.75) is 40.8 Å². The first-order valence-electron chi connectivity index (χ1n) is 8.83. The van der Waals surface area contributed by atoms with Gasteiger partial charge in [-0.15, -0.1) is 0 Å². The van der Waals surface area contributed by atoms with Crippen LogP contribution in [0.5, 0.6) is 0 Å². The summed E-state index contributed by atoms with van der Waals surface area (Å²) in [5.74, 6) is -0.0851. The van der Waals surface area contributed by atoms with E-state index in [1.807, 2.05) is 68.4 Å². The Kier molecular flexibility index (Phi) is 5.51. The molecule has 6 nitrogen and oxygen atoms in total. The van der Waals surface area contributed by atoms with Crippen molar-refractivity contribution < 1.29 is 4.79 Å². The number of halogens is 1. The van der Waals surface area contributed by atoms with E-state index in [-0.39, 0.29) is 5.91 Å². The van der Waals surface area contributed by atoms with Crippen LogP contribution in [-0.4, -0.2) is 25.5 Å². The van der Waals surface area contributed by atoms with Crippen LogP contribution in [0.15, 0.2) is 28.7 Å². The van der Waals surface area contributed by atoms with E-state index >= 15 is 0 Å². The van der Waals surface area contributed by atoms with Gasteiger partial charge in [-0.05, 0) is 61.3 Å². The fourth-order valence-electron chi connectivity index (χ4n) is 3.11. The second-order valence-corrected chi connectivity index (χ2v) is 7.59. The molecule has 0 aliphatic carbocycles. The molecule has 1 N–H and O–H groups in total. The number of carbonyl (C=O) groups is 1. The third-order valence-electron chi connectivity index (χ3n) is 4.93. The highest BCUT2D eigenvalue weighted by Crippen LogP contribution is 2.20. The molecule has 0 bridgehead atoms. The van der Waals surface area contributed by atoms with Gasteiger partial charge >= 0.3 is 0 Å². The maximum absolute atomic E-state index is 12.5. The summed E-state index contributed by atoms with van der Waals surface area (Å²) in [5, 5.41) is 11.9. The lowest BCUT2D eigenvalue weighted by atomic mass is 10.1. The van der Waals surface area contributed by atoms with Crippen LogP contribution in [-0.2, 0) is 20.1 Å². The summed E-state index contributed by atoms with van der Waals surface area (Å²) in [6.07, 6.45) is 0. The van der Waals surface area contributed by atoms with Crippen molar-refractivity contribution in [3.63, 3.8) is 0 Å². The van der Waals surface area contributed by atoms with Crippen molar-refractivity contribution in [1.82, 2.24) is 24.9 Å². The second-order valence-electron chi connectivity index (χ2n) is 6.80. The molecular weight excluding hydrogens is 406 g/mol. The smallest absolute Gasteiger partial charge is 0.251 e. The first-order valence-corrected chi connectivity index (χ1v) is 9.63. The number of nitrogens with zero attached hydrogens (tertiary/aromatic N) is 4. The Labute approximate surface area is 167 Å². The SMILES string of the molecule is Cc1nn(Cc2ccc(C(=O)NCc3c(C)nn(C)c3C)cc2)c(C)c1Br. The van der Waals surface area contributed by atoms with Crippen molar-refractivity contribution >= 4 is 21.8 Å². The second kappa shape index (κ2) is 7.68. The number of amides is 1. The standard InChI is InChI=1S/C20H24BrN5O/c1-12-18(14(3)25(5)23-12)10-22-20(27)17-8-6-16(7-9-17)11-26-15(4)19(21)13(2)24-26/h6-9H,10-11H2,1-5H3,(H,22,27). The summed E-state index contributed by atoms with van der Waals surface area (Å²) in [5.41, 5.74) is 6.90. The van der Waals surface area contributed by atoms with E-state index in [2.05, 4.69) is 31.4 Å². The molecule has 0 saturated carbocycles. The maximum Gasteiger partial charge on any atom is 0.251 e. The van der Waals surface area contributed by atoms with Gasteiger partial charge in [-0.25, -0.2) is 0 Å². The minimum Gasteiger partial charge on any atom is -0.348 e. The number of aromatic nitrogens is 4. The Morgan fingerprint density at radius 1 is 1.04 bits per heavy atom. The van der Waals surface area contributed by atoms with Crippen LogP contribution in [0.1, 0.15) is 44.3 Å². The number of aryl methyl sites for hydroxylation is 3. The van der Waals surface area contributed by atoms with Gasteiger partial charge in [-0.2, -0.15) is 10.2 Å². The molecule has 0 aliphatic heterocycles. The minimum atomic E-state index is -0.0851. The molecule has 0 unspecified atom stereocenters. The number of hydrogen-bond acceptors (Lipinski definition) is 3. The van der Waals surface area contributed by atoms with E-state index < -0.39 is 0 Å². The van der Waals surface area contributed by atoms with Crippen molar-refractivity contribution in [1.29, 1.82) is 0 Å². The first kappa shape index (κ1) is 19.4. The molecule has 7 heteroatoms. The summed E-state index contributed by atoms with van der Waals surface area (Å²) in [7, 11) is 1.91. The molecule has 0 saturated heterocycles. The molecule has 1 aromatic carbocycles. The van der Waals surface area contributed by atoms with Crippen LogP contribution in [0.3, 0.4) is 0 Å². The maximum atomic E-state index is 12.5. The normalized spacial score (nSPS) is 11.0. The topological polar surface area (TPSA) is 64.7 Å². The molecule has 0 fully saturated rings. The van der Waals surface area contributed by atoms with E-state index in [9.17, 15) is 4.79 Å². The lowest BCUT2D eigenvalue weighted by molar-refractivity contribution is 0.0951. The van der Waals surface area contributed by atoms with E-state index in [4.69, 9.17) is 0 Å². The van der Waals surface area contributed by atoms with E-state index in [0.717, 1.165) is 38.4 Å². The average molecular weight is 430 g/mol. The molecule has 0 aliphatic rings. The van der Waals surface area contributed by atoms with E-state index in [1.165, 1.54) is 0 Å². The van der Waals surface area contributed by atoms with Gasteiger partial charge in [0.25, 0.3) is 5.91 Å². The summed E-state index contributed by atoms with van der Waals surface area (Å²) < 4.78 is 4.84. The van der Waals surface area contributed by atoms with Crippen LogP contribution < -0.4 is 5.32 Å². The monoisotopic (exact) mass is 429 g/mol. The Hall–Kier alpha value is -2.41. The molecule has 0 radical (unpaired) electrons. The van der Waals surface area contributed by atoms with E-state index in [1.54, 1.807) is 0 Å². The van der Waals surface area contributed by atoms with Crippen LogP contribution in [0.25, 0.3) is 0 Å². The Morgan fingerprint density at radius 2 is 1.70 bits per heavy atom. The fourth-order valence-corrected chi connectivity index (χ4v) is 3.39. The number of hydrogen-bond donors (Lipinski definition) is 1. The van der Waals surface area contributed by atoms with Crippen LogP contribution in [0.4, 0.5) is 0 Å². The average Bonchev–Trinajstić information content (AvgIpc) is 3.03. The van der Waals surface area contributed by atoms with Crippen LogP contribution in [0, 0.1) is 27.7 Å². The van der Waals surface area contributed by atoms with Gasteiger partial charge < -0.3 is 5.32 Å². The summed E-state index contributed by atoms with van der Waals surface area (Å²) in [4.78, 5) is 12.5. The van der Waals surface area contributed by atoms with Gasteiger partial charge in [0.1, 0.15) is 0 Å². The predicted molar refractivity (Wildman–Crippen MR) is 109 cm³/mol. The van der Waals surface area contributed by atoms with Crippen molar-refractivity contribution in [2.24, 2.45) is 7.05 Å². The zero-order chi connectivity index (χ0) is 19.7. The van der Waals surface area contributed by atoms with Crippen molar-refractivity contribution in [3.8, 4) is 0 Å². The van der Waals surface area contributed by atoms with Gasteiger partial charge in [0.15, 0.2) is 0 Å². The highest BCUT2D eigenvalue weighted by atomic mass is 79.9. The van der Waals surface area contributed by atoms with Gasteiger partial charge in [0.2, 0.25) is 0 Å². The summed E-state index contributed by atoms with van der Waals surface area (Å²) in [6, 6.07) is 7.66. The van der Waals surface area contributed by atoms with Gasteiger partial charge in [-0.3, -0.25) is 14.2 Å². The van der Waals surface area contributed by atoms with Crippen molar-refractivity contribution in [3.05, 3.63) is 68.2 Å². The molecular formula is C20H24BrN5O. The highest BCUT2D eigenvalue weighted by molar-refractivity contribution is 9.10. The van der Waals surface area contributed by atoms with Crippen LogP contribution in [0.2, 0.25) is 0 Å². The molecule has 0 spiro atoms. The quantitative estimate of drug-likeness (QED) is 0.673. The largest absolute Gasteiger partial charge is 0.348 e. The third-order valence-corrected chi connectivity index (χ3v) is 6.07. The number of rotatable bonds is 5. The fraction of sp³-hybridized carbons (Fsp3) is 0.350. The third kappa shape index (κ3) is 3.98. The molecule has 3 aromatic rings. The zero-order valence-electron chi connectivity index (χ0n) is 16.3. The first-order chi connectivity index (χ1) is 12.8. The van der Waals surface area contributed by atoms with Gasteiger partial charge in [-0.1, -0.05) is 12.1 Å². The molecule has 142 valence electrons. The Morgan fingerprint density at radius 3 is 2.22 bits per heavy atom. The number of carbonyl (C=O) groups excluding carboxylic acids is 1. The zero-order valence-corrected chi connectivity index (χ0v) is 17.9. The highest BCUT2D eigenvalue weighted by Gasteiger charge is 2.12. The van der Waals surface area contributed by atoms with Crippen molar-refractivity contribution in [2.75, 3.05) is 0 Å². The van der Waals surface area contributed by atoms with Gasteiger partial charge in [0.05, 0.1) is 28.1 Å². The lowest BCUT2D eigenvalue weighted by Crippen LogP contribution is -2.23. The predicted octanol–water partition coefficient (Wildman–Crippen LogP) is 3.59. The molecule has 2 aromatic heterocycles. The molecule has 3 rings (SSSR count). The Balaban J connectivity index is 1.66. The molecule has 2 heterocycles. The van der Waals surface area contributed by atoms with Crippen LogP contribution >= 0.6 is 15.9 Å². The van der Waals surface area contributed by atoms with Gasteiger partial charge in [0, 0.05) is 30.4 Å². The number of benzene rings is 1. The number of nitrogens with one attached hydrogen (secondary N) is 1. The van der Waals surface area contributed by atoms with E-state index in [0.29, 0.717) is 18.7 Å². The Bertz CT molecular complexity index is 985. The summed E-state index contributed by atoms with van der Waals surface area (Å²) >= 11 is 3.55. The molecule has 27 heavy (non-hydrogen) atoms. The lowest BCUT2D eigenvalue weighted by Gasteiger charge is -2.08.